The third-order valence-corrected chi connectivity index (χ3v) is 2.56. The third kappa shape index (κ3) is 2.74. The Morgan fingerprint density at radius 3 is 2.14 bits per heavy atom. The lowest BCUT2D eigenvalue weighted by Gasteiger charge is -2.12. The summed E-state index contributed by atoms with van der Waals surface area (Å²) in [5.41, 5.74) is 3.80. The fourth-order valence-electron chi connectivity index (χ4n) is 1.80. The van der Waals surface area contributed by atoms with Crippen molar-refractivity contribution in [2.75, 3.05) is 7.11 Å². The first-order valence-corrected chi connectivity index (χ1v) is 5.74. The van der Waals surface area contributed by atoms with Gasteiger partial charge in [0.2, 0.25) is 0 Å². The van der Waals surface area contributed by atoms with Gasteiger partial charge in [0.05, 0.1) is 7.11 Å². The maximum atomic E-state index is 5.32. The first-order chi connectivity index (χ1) is 6.54. The zero-order valence-corrected chi connectivity index (χ0v) is 10.8. The molecule has 0 aromatic heterocycles. The van der Waals surface area contributed by atoms with Crippen LogP contribution in [0.1, 0.15) is 23.6 Å². The van der Waals surface area contributed by atoms with Crippen LogP contribution in [0, 0.1) is 13.8 Å². The van der Waals surface area contributed by atoms with Gasteiger partial charge in [-0.25, -0.2) is 0 Å². The number of rotatable bonds is 3. The fourth-order valence-corrected chi connectivity index (χ4v) is 2.18. The van der Waals surface area contributed by atoms with Crippen LogP contribution in [-0.2, 0) is 6.42 Å². The summed E-state index contributed by atoms with van der Waals surface area (Å²) in [6, 6.07) is 4.40. The summed E-state index contributed by atoms with van der Waals surface area (Å²) in [5, 5.41) is 0. The van der Waals surface area contributed by atoms with Crippen molar-refractivity contribution in [3.63, 3.8) is 0 Å². The molecule has 0 amide bonds. The van der Waals surface area contributed by atoms with Gasteiger partial charge in [-0.2, -0.15) is 0 Å². The fraction of sp³-hybridized carbons (Fsp3) is 0.500. The van der Waals surface area contributed by atoms with Crippen LogP contribution in [0.4, 0.5) is 0 Å². The van der Waals surface area contributed by atoms with Crippen molar-refractivity contribution in [1.29, 1.82) is 0 Å². The Balaban J connectivity index is 3.01. The first kappa shape index (κ1) is 11.6. The number of aryl methyl sites for hydroxylation is 2. The molecule has 0 aliphatic heterocycles. The van der Waals surface area contributed by atoms with E-state index in [9.17, 15) is 0 Å². The number of benzene rings is 1. The molecule has 0 spiro atoms. The van der Waals surface area contributed by atoms with Gasteiger partial charge in [-0.3, -0.25) is 0 Å². The second kappa shape index (κ2) is 4.83. The molecule has 0 aliphatic rings. The number of halogens is 1. The summed E-state index contributed by atoms with van der Waals surface area (Å²) in [7, 11) is 1.72. The van der Waals surface area contributed by atoms with Gasteiger partial charge in [0.25, 0.3) is 0 Å². The minimum absolute atomic E-state index is 0.523. The van der Waals surface area contributed by atoms with Gasteiger partial charge < -0.3 is 4.74 Å². The third-order valence-electron chi connectivity index (χ3n) is 2.24. The number of ether oxygens (including phenoxy) is 1. The zero-order valence-electron chi connectivity index (χ0n) is 9.23. The van der Waals surface area contributed by atoms with E-state index >= 15 is 0 Å². The predicted octanol–water partition coefficient (Wildman–Crippen LogP) is 3.64. The Morgan fingerprint density at radius 1 is 1.29 bits per heavy atom. The van der Waals surface area contributed by atoms with E-state index in [1.807, 2.05) is 0 Å². The van der Waals surface area contributed by atoms with Gasteiger partial charge in [0.15, 0.2) is 0 Å². The molecule has 1 rings (SSSR count). The van der Waals surface area contributed by atoms with Crippen LogP contribution in [0.2, 0.25) is 0 Å². The average Bonchev–Trinajstić information content (AvgIpc) is 2.01. The van der Waals surface area contributed by atoms with Crippen molar-refractivity contribution in [1.82, 2.24) is 0 Å². The summed E-state index contributed by atoms with van der Waals surface area (Å²) in [6.07, 6.45) is 1.06. The van der Waals surface area contributed by atoms with Gasteiger partial charge in [0.1, 0.15) is 5.75 Å². The molecule has 1 aromatic rings. The predicted molar refractivity (Wildman–Crippen MR) is 64.6 cm³/mol. The molecule has 0 heterocycles. The molecular weight excluding hydrogens is 240 g/mol. The maximum absolute atomic E-state index is 5.32. The highest BCUT2D eigenvalue weighted by atomic mass is 79.9. The van der Waals surface area contributed by atoms with Crippen molar-refractivity contribution in [3.05, 3.63) is 28.8 Å². The van der Waals surface area contributed by atoms with Gasteiger partial charge in [-0.1, -0.05) is 35.0 Å². The molecule has 1 aromatic carbocycles. The molecule has 2 heteroatoms. The van der Waals surface area contributed by atoms with Crippen LogP contribution in [0.3, 0.4) is 0 Å². The highest BCUT2D eigenvalue weighted by molar-refractivity contribution is 9.09. The summed E-state index contributed by atoms with van der Waals surface area (Å²) in [6.45, 7) is 6.34. The first-order valence-electron chi connectivity index (χ1n) is 4.82. The van der Waals surface area contributed by atoms with E-state index in [1.54, 1.807) is 7.11 Å². The largest absolute Gasteiger partial charge is 0.496 e. The van der Waals surface area contributed by atoms with Crippen LogP contribution in [0.5, 0.6) is 5.75 Å². The van der Waals surface area contributed by atoms with Crippen molar-refractivity contribution in [2.24, 2.45) is 0 Å². The molecule has 0 saturated carbocycles. The van der Waals surface area contributed by atoms with Gasteiger partial charge in [-0.15, -0.1) is 0 Å². The van der Waals surface area contributed by atoms with Crippen LogP contribution >= 0.6 is 15.9 Å². The van der Waals surface area contributed by atoms with E-state index in [4.69, 9.17) is 4.74 Å². The molecular formula is C12H17BrO. The highest BCUT2D eigenvalue weighted by Crippen LogP contribution is 2.25. The molecule has 0 saturated heterocycles. The normalized spacial score (nSPS) is 12.6. The minimum Gasteiger partial charge on any atom is -0.496 e. The Kier molecular flexibility index (Phi) is 3.99. The van der Waals surface area contributed by atoms with E-state index in [0.29, 0.717) is 4.83 Å². The zero-order chi connectivity index (χ0) is 10.7. The number of alkyl halides is 1. The van der Waals surface area contributed by atoms with E-state index < -0.39 is 0 Å². The van der Waals surface area contributed by atoms with Gasteiger partial charge >= 0.3 is 0 Å². The molecule has 0 N–H and O–H groups in total. The standard InChI is InChI=1S/C12H17BrO/c1-8-5-11(7-10(3)13)6-9(2)12(8)14-4/h5-6,10H,7H2,1-4H3. The van der Waals surface area contributed by atoms with Crippen LogP contribution in [0.25, 0.3) is 0 Å². The van der Waals surface area contributed by atoms with Gasteiger partial charge in [-0.05, 0) is 37.0 Å². The Bertz CT molecular complexity index is 295. The average molecular weight is 257 g/mol. The Labute approximate surface area is 94.6 Å². The SMILES string of the molecule is COc1c(C)cc(CC(C)Br)cc1C. The number of methoxy groups -OCH3 is 1. The molecule has 0 aliphatic carbocycles. The summed E-state index contributed by atoms with van der Waals surface area (Å²) in [5.74, 6) is 1.01. The van der Waals surface area contributed by atoms with Crippen LogP contribution in [0.15, 0.2) is 12.1 Å². The lowest BCUT2D eigenvalue weighted by molar-refractivity contribution is 0.408. The summed E-state index contributed by atoms with van der Waals surface area (Å²) in [4.78, 5) is 0.523. The quantitative estimate of drug-likeness (QED) is 0.751. The second-order valence-corrected chi connectivity index (χ2v) is 5.31. The molecule has 1 unspecified atom stereocenters. The molecule has 0 fully saturated rings. The number of hydrogen-bond donors (Lipinski definition) is 0. The maximum Gasteiger partial charge on any atom is 0.124 e. The monoisotopic (exact) mass is 256 g/mol. The summed E-state index contributed by atoms with van der Waals surface area (Å²) < 4.78 is 5.32. The van der Waals surface area contributed by atoms with E-state index in [2.05, 4.69) is 48.8 Å². The van der Waals surface area contributed by atoms with E-state index in [1.165, 1.54) is 16.7 Å². The van der Waals surface area contributed by atoms with Crippen molar-refractivity contribution >= 4 is 15.9 Å². The molecule has 14 heavy (non-hydrogen) atoms. The molecule has 78 valence electrons. The van der Waals surface area contributed by atoms with Crippen molar-refractivity contribution in [2.45, 2.75) is 32.0 Å². The van der Waals surface area contributed by atoms with Crippen molar-refractivity contribution in [3.8, 4) is 5.75 Å². The minimum atomic E-state index is 0.523. The van der Waals surface area contributed by atoms with Crippen LogP contribution in [-0.4, -0.2) is 11.9 Å². The van der Waals surface area contributed by atoms with Gasteiger partial charge in [0, 0.05) is 4.83 Å². The lowest BCUT2D eigenvalue weighted by atomic mass is 10.0. The van der Waals surface area contributed by atoms with E-state index in [0.717, 1.165) is 12.2 Å². The summed E-state index contributed by atoms with van der Waals surface area (Å²) >= 11 is 3.56. The smallest absolute Gasteiger partial charge is 0.124 e. The van der Waals surface area contributed by atoms with Crippen LogP contribution < -0.4 is 4.74 Å². The second-order valence-electron chi connectivity index (χ2n) is 3.75. The van der Waals surface area contributed by atoms with Crippen molar-refractivity contribution < 1.29 is 4.74 Å². The number of hydrogen-bond acceptors (Lipinski definition) is 1. The highest BCUT2D eigenvalue weighted by Gasteiger charge is 2.06. The topological polar surface area (TPSA) is 9.23 Å². The molecule has 1 nitrogen and oxygen atoms in total. The molecule has 1 atom stereocenters. The molecule has 0 radical (unpaired) electrons. The lowest BCUT2D eigenvalue weighted by Crippen LogP contribution is -1.99. The molecule has 0 bridgehead atoms. The Morgan fingerprint density at radius 2 is 1.79 bits per heavy atom. The van der Waals surface area contributed by atoms with E-state index in [-0.39, 0.29) is 0 Å². The Hall–Kier alpha value is -0.500.